The van der Waals surface area contributed by atoms with E-state index in [9.17, 15) is 0 Å². The second-order valence-electron chi connectivity index (χ2n) is 6.84. The van der Waals surface area contributed by atoms with Crippen molar-refractivity contribution in [2.24, 2.45) is 0 Å². The maximum atomic E-state index is 4.40. The Morgan fingerprint density at radius 1 is 0.500 bits per heavy atom. The van der Waals surface area contributed by atoms with Crippen LogP contribution in [0.3, 0.4) is 0 Å². The predicted molar refractivity (Wildman–Crippen MR) is 104 cm³/mol. The molecule has 0 saturated carbocycles. The number of halogens is 1. The van der Waals surface area contributed by atoms with Crippen molar-refractivity contribution in [3.8, 4) is 0 Å². The van der Waals surface area contributed by atoms with Crippen LogP contribution in [-0.2, 0) is 0 Å². The minimum absolute atomic E-state index is 1.36. The Kier molecular flexibility index (Phi) is 12.0. The van der Waals surface area contributed by atoms with E-state index in [1.807, 2.05) is 0 Å². The third-order valence-corrected chi connectivity index (χ3v) is 15.1. The molecular weight excluding hydrogens is 327 g/mol. The third-order valence-electron chi connectivity index (χ3n) is 4.67. The van der Waals surface area contributed by atoms with Gasteiger partial charge in [-0.15, -0.1) is 0 Å². The van der Waals surface area contributed by atoms with E-state index in [4.69, 9.17) is 0 Å². The zero-order valence-corrected chi connectivity index (χ0v) is 17.2. The van der Waals surface area contributed by atoms with Gasteiger partial charge in [0.1, 0.15) is 0 Å². The van der Waals surface area contributed by atoms with Crippen LogP contribution in [0.25, 0.3) is 0 Å². The van der Waals surface area contributed by atoms with Crippen LogP contribution in [0.2, 0.25) is 0 Å². The molecule has 20 heavy (non-hydrogen) atoms. The number of hydrogen-bond acceptors (Lipinski definition) is 0. The Hall–Kier alpha value is 0.910. The van der Waals surface area contributed by atoms with E-state index in [0.717, 1.165) is 0 Å². The molecule has 0 radical (unpaired) electrons. The molecule has 0 amide bonds. The fourth-order valence-corrected chi connectivity index (χ4v) is 13.5. The second kappa shape index (κ2) is 11.5. The van der Waals surface area contributed by atoms with Crippen LogP contribution in [-0.4, -0.2) is 24.6 Å². The summed E-state index contributed by atoms with van der Waals surface area (Å²) in [5.74, 6) is 0. The van der Waals surface area contributed by atoms with E-state index in [2.05, 4.69) is 43.2 Å². The number of unbranched alkanes of at least 4 members (excludes halogenated alkanes) is 6. The van der Waals surface area contributed by atoms with Crippen molar-refractivity contribution in [3.63, 3.8) is 0 Å². The Bertz CT molecular complexity index is 208. The van der Waals surface area contributed by atoms with Crippen LogP contribution in [0, 0.1) is 0 Å². The summed E-state index contributed by atoms with van der Waals surface area (Å²) in [4.78, 5) is 0. The molecule has 0 aromatic carbocycles. The summed E-state index contributed by atoms with van der Waals surface area (Å²) in [6, 6.07) is 0. The SMILES string of the molecule is CCCCCCCCCP(Br)(CCC)(CCC)CCC. The first-order valence-electron chi connectivity index (χ1n) is 9.26. The van der Waals surface area contributed by atoms with E-state index in [1.54, 1.807) is 0 Å². The summed E-state index contributed by atoms with van der Waals surface area (Å²) < 4.78 is 0. The van der Waals surface area contributed by atoms with Crippen LogP contribution in [0.1, 0.15) is 91.9 Å². The fraction of sp³-hybridized carbons (Fsp3) is 1.00. The second-order valence-corrected chi connectivity index (χ2v) is 18.3. The monoisotopic (exact) mass is 366 g/mol. The molecule has 0 nitrogen and oxygen atoms in total. The quantitative estimate of drug-likeness (QED) is 0.217. The van der Waals surface area contributed by atoms with Gasteiger partial charge in [0.2, 0.25) is 0 Å². The molecule has 0 aliphatic carbocycles. The van der Waals surface area contributed by atoms with Gasteiger partial charge in [-0.05, 0) is 0 Å². The Labute approximate surface area is 137 Å². The zero-order chi connectivity index (χ0) is 15.3. The Morgan fingerprint density at radius 2 is 0.900 bits per heavy atom. The van der Waals surface area contributed by atoms with Crippen LogP contribution < -0.4 is 0 Å². The fourth-order valence-electron chi connectivity index (χ4n) is 3.81. The predicted octanol–water partition coefficient (Wildman–Crippen LogP) is 7.83. The summed E-state index contributed by atoms with van der Waals surface area (Å²) in [6.07, 6.45) is 20.1. The zero-order valence-electron chi connectivity index (χ0n) is 14.7. The van der Waals surface area contributed by atoms with Crippen molar-refractivity contribution >= 4 is 20.8 Å². The van der Waals surface area contributed by atoms with Gasteiger partial charge in [0.15, 0.2) is 0 Å². The van der Waals surface area contributed by atoms with Gasteiger partial charge in [0.25, 0.3) is 0 Å². The molecule has 0 atom stereocenters. The molecule has 0 aliphatic rings. The minimum atomic E-state index is -1.54. The molecule has 0 spiro atoms. The molecule has 0 heterocycles. The number of rotatable bonds is 14. The molecule has 0 aromatic rings. The van der Waals surface area contributed by atoms with Gasteiger partial charge in [-0.3, -0.25) is 0 Å². The van der Waals surface area contributed by atoms with E-state index < -0.39 is 5.31 Å². The Balaban J connectivity index is 4.21. The Morgan fingerprint density at radius 3 is 1.30 bits per heavy atom. The van der Waals surface area contributed by atoms with Crippen LogP contribution >= 0.6 is 20.8 Å². The van der Waals surface area contributed by atoms with E-state index in [0.29, 0.717) is 0 Å². The first-order chi connectivity index (χ1) is 9.54. The first kappa shape index (κ1) is 20.9. The van der Waals surface area contributed by atoms with Gasteiger partial charge in [0, 0.05) is 0 Å². The van der Waals surface area contributed by atoms with E-state index in [1.165, 1.54) is 88.9 Å². The average molecular weight is 367 g/mol. The molecule has 0 N–H and O–H groups in total. The van der Waals surface area contributed by atoms with E-state index >= 15 is 0 Å². The molecule has 0 aromatic heterocycles. The van der Waals surface area contributed by atoms with Gasteiger partial charge < -0.3 is 0 Å². The molecule has 0 aliphatic heterocycles. The van der Waals surface area contributed by atoms with Crippen molar-refractivity contribution in [1.82, 2.24) is 0 Å². The van der Waals surface area contributed by atoms with Crippen molar-refractivity contribution in [2.75, 3.05) is 24.6 Å². The standard InChI is InChI=1S/C18H40BrP/c1-5-9-10-11-12-13-14-18-20(19,15-6-2,16-7-3)17-8-4/h5-18H2,1-4H3. The van der Waals surface area contributed by atoms with Crippen molar-refractivity contribution < 1.29 is 0 Å². The normalized spacial score (nSPS) is 14.2. The summed E-state index contributed by atoms with van der Waals surface area (Å²) in [7, 11) is 0. The van der Waals surface area contributed by atoms with Crippen LogP contribution in [0.5, 0.6) is 0 Å². The maximum absolute atomic E-state index is 4.40. The molecule has 0 fully saturated rings. The summed E-state index contributed by atoms with van der Waals surface area (Å²) in [5, 5.41) is -1.54. The van der Waals surface area contributed by atoms with E-state index in [-0.39, 0.29) is 0 Å². The van der Waals surface area contributed by atoms with Gasteiger partial charge in [-0.2, -0.15) is 0 Å². The molecule has 0 unspecified atom stereocenters. The van der Waals surface area contributed by atoms with Gasteiger partial charge in [-0.1, -0.05) is 0 Å². The van der Waals surface area contributed by atoms with Crippen LogP contribution in [0.4, 0.5) is 0 Å². The van der Waals surface area contributed by atoms with Gasteiger partial charge in [0.05, 0.1) is 0 Å². The van der Waals surface area contributed by atoms with Crippen molar-refractivity contribution in [1.29, 1.82) is 0 Å². The molecule has 124 valence electrons. The summed E-state index contributed by atoms with van der Waals surface area (Å²) >= 11 is 4.40. The molecule has 0 rings (SSSR count). The molecule has 0 saturated heterocycles. The molecular formula is C18H40BrP. The third kappa shape index (κ3) is 8.38. The molecule has 2 heteroatoms. The van der Waals surface area contributed by atoms with Gasteiger partial charge in [-0.25, -0.2) is 0 Å². The topological polar surface area (TPSA) is 0 Å². The van der Waals surface area contributed by atoms with Crippen molar-refractivity contribution in [2.45, 2.75) is 91.9 Å². The van der Waals surface area contributed by atoms with Crippen molar-refractivity contribution in [3.05, 3.63) is 0 Å². The van der Waals surface area contributed by atoms with Crippen LogP contribution in [0.15, 0.2) is 0 Å². The number of hydrogen-bond donors (Lipinski definition) is 0. The summed E-state index contributed by atoms with van der Waals surface area (Å²) in [5.41, 5.74) is 0. The summed E-state index contributed by atoms with van der Waals surface area (Å²) in [6.45, 7) is 9.42. The first-order valence-corrected chi connectivity index (χ1v) is 14.3. The molecule has 0 bridgehead atoms. The average Bonchev–Trinajstić information content (AvgIpc) is 2.38. The van der Waals surface area contributed by atoms with Gasteiger partial charge >= 0.3 is 137 Å².